The first-order valence-electron chi connectivity index (χ1n) is 9.68. The molecule has 0 fully saturated rings. The minimum Gasteiger partial charge on any atom is -0.453 e. The summed E-state index contributed by atoms with van der Waals surface area (Å²) in [5.74, 6) is -0.693. The summed E-state index contributed by atoms with van der Waals surface area (Å²) in [5, 5.41) is 5.49. The Hall–Kier alpha value is -3.25. The fraction of sp³-hybridized carbons (Fsp3) is 0.208. The largest absolute Gasteiger partial charge is 0.453 e. The quantitative estimate of drug-likeness (QED) is 0.323. The molecule has 6 heteroatoms. The molecule has 2 aromatic carbocycles. The molecule has 152 valence electrons. The van der Waals surface area contributed by atoms with Crippen LogP contribution in [0.1, 0.15) is 42.4 Å². The monoisotopic (exact) mass is 418 g/mol. The van der Waals surface area contributed by atoms with Crippen molar-refractivity contribution in [3.8, 4) is 5.69 Å². The third-order valence-electron chi connectivity index (χ3n) is 5.22. The van der Waals surface area contributed by atoms with E-state index in [1.165, 1.54) is 11.3 Å². The van der Waals surface area contributed by atoms with E-state index in [0.717, 1.165) is 38.3 Å². The molecule has 2 heterocycles. The molecule has 5 nitrogen and oxygen atoms in total. The van der Waals surface area contributed by atoms with Crippen molar-refractivity contribution >= 4 is 33.3 Å². The van der Waals surface area contributed by atoms with Gasteiger partial charge in [0.25, 0.3) is 0 Å². The van der Waals surface area contributed by atoms with Gasteiger partial charge < -0.3 is 4.74 Å². The number of esters is 1. The van der Waals surface area contributed by atoms with Crippen molar-refractivity contribution in [3.05, 3.63) is 81.4 Å². The van der Waals surface area contributed by atoms with Crippen LogP contribution in [0.5, 0.6) is 0 Å². The van der Waals surface area contributed by atoms with Crippen LogP contribution in [-0.4, -0.2) is 28.1 Å². The number of carbonyl (C=O) groups excluding carboxylic acids is 2. The molecule has 0 aliphatic rings. The Morgan fingerprint density at radius 3 is 2.40 bits per heavy atom. The first kappa shape index (κ1) is 20.0. The Labute approximate surface area is 178 Å². The molecule has 0 spiro atoms. The second-order valence-electron chi connectivity index (χ2n) is 7.41. The van der Waals surface area contributed by atoms with Crippen molar-refractivity contribution in [2.24, 2.45) is 0 Å². The summed E-state index contributed by atoms with van der Waals surface area (Å²) < 4.78 is 7.18. The molecule has 4 rings (SSSR count). The van der Waals surface area contributed by atoms with Crippen LogP contribution < -0.4 is 0 Å². The molecule has 0 bridgehead atoms. The number of aromatic nitrogens is 2. The maximum Gasteiger partial charge on any atom is 0.348 e. The number of aryl methyl sites for hydroxylation is 4. The van der Waals surface area contributed by atoms with Crippen LogP contribution in [-0.2, 0) is 4.74 Å². The molecule has 0 saturated carbocycles. The average molecular weight is 419 g/mol. The van der Waals surface area contributed by atoms with Gasteiger partial charge >= 0.3 is 5.97 Å². The standard InChI is InChI=1S/C24H22N2O3S/c1-14-10-16(3)19(11-15(14)2)21(27)13-29-24(28)22-12-20-17(4)25-26(23(20)30-22)18-8-6-5-7-9-18/h5-12H,13H2,1-4H3. The summed E-state index contributed by atoms with van der Waals surface area (Å²) in [4.78, 5) is 26.5. The summed E-state index contributed by atoms with van der Waals surface area (Å²) in [6.07, 6.45) is 0. The number of benzene rings is 2. The number of hydrogen-bond acceptors (Lipinski definition) is 5. The van der Waals surface area contributed by atoms with Crippen molar-refractivity contribution in [2.75, 3.05) is 6.61 Å². The molecule has 2 aromatic heterocycles. The second kappa shape index (κ2) is 7.88. The van der Waals surface area contributed by atoms with Crippen molar-refractivity contribution in [2.45, 2.75) is 27.7 Å². The summed E-state index contributed by atoms with van der Waals surface area (Å²) in [7, 11) is 0. The zero-order valence-corrected chi connectivity index (χ0v) is 18.2. The van der Waals surface area contributed by atoms with Crippen LogP contribution >= 0.6 is 11.3 Å². The molecule has 0 aliphatic carbocycles. The van der Waals surface area contributed by atoms with E-state index in [1.807, 2.05) is 74.8 Å². The molecular weight excluding hydrogens is 396 g/mol. The van der Waals surface area contributed by atoms with E-state index in [1.54, 1.807) is 6.07 Å². The highest BCUT2D eigenvalue weighted by atomic mass is 32.1. The van der Waals surface area contributed by atoms with Gasteiger partial charge in [-0.05, 0) is 68.7 Å². The Balaban J connectivity index is 1.54. The van der Waals surface area contributed by atoms with E-state index in [2.05, 4.69) is 5.10 Å². The van der Waals surface area contributed by atoms with Gasteiger partial charge in [0.05, 0.1) is 11.4 Å². The van der Waals surface area contributed by atoms with E-state index in [-0.39, 0.29) is 12.4 Å². The molecule has 4 aromatic rings. The van der Waals surface area contributed by atoms with Gasteiger partial charge in [-0.3, -0.25) is 4.79 Å². The van der Waals surface area contributed by atoms with Gasteiger partial charge in [-0.25, -0.2) is 9.48 Å². The number of ketones is 1. The minimum atomic E-state index is -0.495. The molecule has 0 radical (unpaired) electrons. The zero-order valence-electron chi connectivity index (χ0n) is 17.4. The normalized spacial score (nSPS) is 11.1. The molecule has 0 unspecified atom stereocenters. The number of thiophene rings is 1. The Morgan fingerprint density at radius 2 is 1.67 bits per heavy atom. The molecule has 0 aliphatic heterocycles. The van der Waals surface area contributed by atoms with Crippen LogP contribution in [0, 0.1) is 27.7 Å². The van der Waals surface area contributed by atoms with Crippen LogP contribution in [0.25, 0.3) is 15.9 Å². The molecule has 0 amide bonds. The predicted octanol–water partition coefficient (Wildman–Crippen LogP) is 5.36. The highest BCUT2D eigenvalue weighted by Crippen LogP contribution is 2.30. The van der Waals surface area contributed by atoms with Crippen LogP contribution in [0.15, 0.2) is 48.5 Å². The molecule has 0 atom stereocenters. The van der Waals surface area contributed by atoms with Gasteiger partial charge in [-0.2, -0.15) is 5.10 Å². The van der Waals surface area contributed by atoms with E-state index < -0.39 is 5.97 Å². The second-order valence-corrected chi connectivity index (χ2v) is 8.44. The number of fused-ring (bicyclic) bond motifs is 1. The number of hydrogen-bond donors (Lipinski definition) is 0. The third kappa shape index (κ3) is 3.66. The Morgan fingerprint density at radius 1 is 0.967 bits per heavy atom. The molecule has 30 heavy (non-hydrogen) atoms. The van der Waals surface area contributed by atoms with Crippen molar-refractivity contribution in [1.82, 2.24) is 9.78 Å². The lowest BCUT2D eigenvalue weighted by Gasteiger charge is -2.09. The Kier molecular flexibility index (Phi) is 5.26. The average Bonchev–Trinajstić information content (AvgIpc) is 3.30. The van der Waals surface area contributed by atoms with Crippen LogP contribution in [0.3, 0.4) is 0 Å². The highest BCUT2D eigenvalue weighted by Gasteiger charge is 2.20. The smallest absolute Gasteiger partial charge is 0.348 e. The number of nitrogens with zero attached hydrogens (tertiary/aromatic N) is 2. The van der Waals surface area contributed by atoms with E-state index >= 15 is 0 Å². The number of ether oxygens (including phenoxy) is 1. The van der Waals surface area contributed by atoms with Gasteiger partial charge in [0.1, 0.15) is 9.71 Å². The first-order chi connectivity index (χ1) is 14.3. The fourth-order valence-corrected chi connectivity index (χ4v) is 4.51. The van der Waals surface area contributed by atoms with Gasteiger partial charge in [0.15, 0.2) is 6.61 Å². The van der Waals surface area contributed by atoms with Gasteiger partial charge in [-0.1, -0.05) is 24.3 Å². The van der Waals surface area contributed by atoms with Crippen LogP contribution in [0.4, 0.5) is 0 Å². The number of Topliss-reactive ketones (excluding diaryl/α,β-unsaturated/α-hetero) is 1. The lowest BCUT2D eigenvalue weighted by atomic mass is 9.98. The van der Waals surface area contributed by atoms with Gasteiger partial charge in [0.2, 0.25) is 5.78 Å². The van der Waals surface area contributed by atoms with Crippen molar-refractivity contribution in [3.63, 3.8) is 0 Å². The number of carbonyl (C=O) groups is 2. The first-order valence-corrected chi connectivity index (χ1v) is 10.5. The number of para-hydroxylation sites is 1. The van der Waals surface area contributed by atoms with Gasteiger partial charge in [0, 0.05) is 10.9 Å². The topological polar surface area (TPSA) is 61.2 Å². The molecule has 0 N–H and O–H groups in total. The van der Waals surface area contributed by atoms with E-state index in [4.69, 9.17) is 4.74 Å². The maximum atomic E-state index is 12.6. The lowest BCUT2D eigenvalue weighted by Crippen LogP contribution is -2.15. The SMILES string of the molecule is Cc1cc(C)c(C(=O)COC(=O)c2cc3c(C)nn(-c4ccccc4)c3s2)cc1C. The van der Waals surface area contributed by atoms with E-state index in [9.17, 15) is 9.59 Å². The van der Waals surface area contributed by atoms with Gasteiger partial charge in [-0.15, -0.1) is 11.3 Å². The maximum absolute atomic E-state index is 12.6. The fourth-order valence-electron chi connectivity index (χ4n) is 3.43. The summed E-state index contributed by atoms with van der Waals surface area (Å²) in [6, 6.07) is 15.4. The minimum absolute atomic E-state index is 0.197. The zero-order chi connectivity index (χ0) is 21.4. The Bertz CT molecular complexity index is 1270. The molecule has 0 saturated heterocycles. The predicted molar refractivity (Wildman–Crippen MR) is 119 cm³/mol. The summed E-state index contributed by atoms with van der Waals surface area (Å²) in [5.41, 5.74) is 5.43. The molecular formula is C24H22N2O3S. The van der Waals surface area contributed by atoms with Crippen molar-refractivity contribution < 1.29 is 14.3 Å². The number of rotatable bonds is 5. The van der Waals surface area contributed by atoms with E-state index in [0.29, 0.717) is 10.4 Å². The summed E-state index contributed by atoms with van der Waals surface area (Å²) >= 11 is 1.32. The summed E-state index contributed by atoms with van der Waals surface area (Å²) in [6.45, 7) is 7.51. The van der Waals surface area contributed by atoms with Crippen LogP contribution in [0.2, 0.25) is 0 Å². The third-order valence-corrected chi connectivity index (χ3v) is 6.31. The van der Waals surface area contributed by atoms with Crippen molar-refractivity contribution in [1.29, 1.82) is 0 Å². The lowest BCUT2D eigenvalue weighted by molar-refractivity contribution is 0.0479. The highest BCUT2D eigenvalue weighted by molar-refractivity contribution is 7.20.